The third-order valence-corrected chi connectivity index (χ3v) is 5.33. The number of likely N-dealkylation sites (tertiary alicyclic amines) is 1. The lowest BCUT2D eigenvalue weighted by Gasteiger charge is -2.22. The lowest BCUT2D eigenvalue weighted by atomic mass is 10.1. The van der Waals surface area contributed by atoms with Crippen LogP contribution in [0.2, 0.25) is 0 Å². The Balaban J connectivity index is 1.57. The van der Waals surface area contributed by atoms with Crippen molar-refractivity contribution in [3.8, 4) is 11.3 Å². The summed E-state index contributed by atoms with van der Waals surface area (Å²) < 4.78 is 6.67. The first-order valence-electron chi connectivity index (χ1n) is 8.72. The number of aromatic amines is 1. The van der Waals surface area contributed by atoms with E-state index in [1.165, 1.54) is 12.0 Å². The van der Waals surface area contributed by atoms with Crippen molar-refractivity contribution < 1.29 is 4.52 Å². The molecule has 0 radical (unpaired) electrons. The van der Waals surface area contributed by atoms with Gasteiger partial charge in [-0.05, 0) is 37.9 Å². The summed E-state index contributed by atoms with van der Waals surface area (Å²) in [5.74, 6) is 0.988. The van der Waals surface area contributed by atoms with Crippen LogP contribution in [0.1, 0.15) is 42.8 Å². The van der Waals surface area contributed by atoms with Crippen molar-refractivity contribution in [1.82, 2.24) is 20.3 Å². The summed E-state index contributed by atoms with van der Waals surface area (Å²) in [5, 5.41) is 11.6. The Bertz CT molecular complexity index is 856. The highest BCUT2D eigenvalue weighted by Gasteiger charge is 2.30. The van der Waals surface area contributed by atoms with Gasteiger partial charge in [-0.15, -0.1) is 0 Å². The Morgan fingerprint density at radius 1 is 1.36 bits per heavy atom. The zero-order valence-electron chi connectivity index (χ0n) is 14.2. The fraction of sp³-hybridized carbons (Fsp3) is 0.368. The lowest BCUT2D eigenvalue weighted by molar-refractivity contribution is 0.206. The van der Waals surface area contributed by atoms with Gasteiger partial charge < -0.3 is 4.52 Å². The molecule has 1 aliphatic heterocycles. The molecule has 4 rings (SSSR count). The number of nitrogens with one attached hydrogen (secondary N) is 1. The topological polar surface area (TPSA) is 58.0 Å². The molecule has 1 N–H and O–H groups in total. The average molecular weight is 401 g/mol. The van der Waals surface area contributed by atoms with Crippen LogP contribution >= 0.6 is 15.9 Å². The molecule has 3 heterocycles. The minimum atomic E-state index is 0.304. The predicted molar refractivity (Wildman–Crippen MR) is 100.0 cm³/mol. The van der Waals surface area contributed by atoms with Crippen molar-refractivity contribution in [3.05, 3.63) is 58.0 Å². The highest BCUT2D eigenvalue weighted by Crippen LogP contribution is 2.35. The van der Waals surface area contributed by atoms with Gasteiger partial charge in [0.25, 0.3) is 0 Å². The van der Waals surface area contributed by atoms with Gasteiger partial charge in [0.15, 0.2) is 5.76 Å². The fourth-order valence-electron chi connectivity index (χ4n) is 3.53. The molecule has 5 nitrogen and oxygen atoms in total. The second-order valence-corrected chi connectivity index (χ2v) is 7.40. The normalized spacial score (nSPS) is 18.1. The molecule has 0 saturated carbocycles. The first-order chi connectivity index (χ1) is 12.2. The van der Waals surface area contributed by atoms with Crippen LogP contribution in [0.15, 0.2) is 45.5 Å². The number of hydrogen-bond donors (Lipinski definition) is 1. The maximum atomic E-state index is 5.60. The highest BCUT2D eigenvalue weighted by atomic mass is 79.9. The van der Waals surface area contributed by atoms with Gasteiger partial charge in [-0.25, -0.2) is 0 Å². The van der Waals surface area contributed by atoms with Crippen LogP contribution in [0.4, 0.5) is 0 Å². The van der Waals surface area contributed by atoms with Gasteiger partial charge in [0, 0.05) is 28.2 Å². The molecule has 1 fully saturated rings. The molecule has 1 aliphatic rings. The standard InChI is InChI=1S/C19H21BrN4O/c1-2-16-10-18(25-23-16)17-7-4-8-24(17)12-14-11-21-22-19(14)13-5-3-6-15(20)9-13/h3,5-6,9-11,17H,2,4,7-8,12H2,1H3,(H,21,22)/t17-/m1/s1. The maximum Gasteiger partial charge on any atom is 0.154 e. The first-order valence-corrected chi connectivity index (χ1v) is 9.51. The summed E-state index contributed by atoms with van der Waals surface area (Å²) in [6.07, 6.45) is 5.13. The number of rotatable bonds is 5. The fourth-order valence-corrected chi connectivity index (χ4v) is 3.93. The predicted octanol–water partition coefficient (Wildman–Crippen LogP) is 4.73. The first kappa shape index (κ1) is 16.5. The number of H-pyrrole nitrogens is 1. The second-order valence-electron chi connectivity index (χ2n) is 6.48. The molecule has 2 aromatic heterocycles. The smallest absolute Gasteiger partial charge is 0.154 e. The molecule has 0 spiro atoms. The molecule has 25 heavy (non-hydrogen) atoms. The summed E-state index contributed by atoms with van der Waals surface area (Å²) in [6.45, 7) is 4.02. The largest absolute Gasteiger partial charge is 0.359 e. The Kier molecular flexibility index (Phi) is 4.72. The van der Waals surface area contributed by atoms with Gasteiger partial charge in [-0.1, -0.05) is 40.1 Å². The lowest BCUT2D eigenvalue weighted by Crippen LogP contribution is -2.22. The quantitative estimate of drug-likeness (QED) is 0.672. The zero-order valence-corrected chi connectivity index (χ0v) is 15.8. The molecule has 3 aromatic rings. The molecule has 0 unspecified atom stereocenters. The summed E-state index contributed by atoms with van der Waals surface area (Å²) in [7, 11) is 0. The molecule has 0 amide bonds. The van der Waals surface area contributed by atoms with Crippen molar-refractivity contribution in [1.29, 1.82) is 0 Å². The van der Waals surface area contributed by atoms with Crippen LogP contribution in [0.3, 0.4) is 0 Å². The monoisotopic (exact) mass is 400 g/mol. The van der Waals surface area contributed by atoms with Crippen LogP contribution in [0.25, 0.3) is 11.3 Å². The van der Waals surface area contributed by atoms with Crippen molar-refractivity contribution in [2.45, 2.75) is 38.8 Å². The van der Waals surface area contributed by atoms with Crippen LogP contribution < -0.4 is 0 Å². The van der Waals surface area contributed by atoms with E-state index in [1.807, 2.05) is 18.3 Å². The molecule has 6 heteroatoms. The van der Waals surface area contributed by atoms with E-state index in [-0.39, 0.29) is 0 Å². The number of benzene rings is 1. The summed E-state index contributed by atoms with van der Waals surface area (Å²) in [6, 6.07) is 10.7. The summed E-state index contributed by atoms with van der Waals surface area (Å²) in [5.41, 5.74) is 4.46. The molecule has 1 saturated heterocycles. The van der Waals surface area contributed by atoms with E-state index in [9.17, 15) is 0 Å². The molecule has 130 valence electrons. The Morgan fingerprint density at radius 3 is 3.08 bits per heavy atom. The van der Waals surface area contributed by atoms with Gasteiger partial charge in [-0.3, -0.25) is 10.00 Å². The van der Waals surface area contributed by atoms with Crippen molar-refractivity contribution in [2.24, 2.45) is 0 Å². The van der Waals surface area contributed by atoms with Crippen molar-refractivity contribution in [2.75, 3.05) is 6.54 Å². The van der Waals surface area contributed by atoms with E-state index >= 15 is 0 Å². The van der Waals surface area contributed by atoms with E-state index in [0.29, 0.717) is 6.04 Å². The molecular weight excluding hydrogens is 380 g/mol. The third-order valence-electron chi connectivity index (χ3n) is 4.84. The van der Waals surface area contributed by atoms with Crippen LogP contribution in [0, 0.1) is 0 Å². The Morgan fingerprint density at radius 2 is 2.28 bits per heavy atom. The van der Waals surface area contributed by atoms with Gasteiger partial charge in [-0.2, -0.15) is 5.10 Å². The van der Waals surface area contributed by atoms with E-state index < -0.39 is 0 Å². The number of aryl methyl sites for hydroxylation is 1. The SMILES string of the molecule is CCc1cc([C@H]2CCCN2Cc2cn[nH]c2-c2cccc(Br)c2)on1. The number of halogens is 1. The van der Waals surface area contributed by atoms with Gasteiger partial charge in [0.2, 0.25) is 0 Å². The number of hydrogen-bond acceptors (Lipinski definition) is 4. The molecular formula is C19H21BrN4O. The van der Waals surface area contributed by atoms with E-state index in [4.69, 9.17) is 4.52 Å². The van der Waals surface area contributed by atoms with Crippen LogP contribution in [-0.2, 0) is 13.0 Å². The number of nitrogens with zero attached hydrogens (tertiary/aromatic N) is 3. The summed E-state index contributed by atoms with van der Waals surface area (Å²) in [4.78, 5) is 2.46. The van der Waals surface area contributed by atoms with Crippen LogP contribution in [0.5, 0.6) is 0 Å². The van der Waals surface area contributed by atoms with Gasteiger partial charge in [0.05, 0.1) is 23.6 Å². The van der Waals surface area contributed by atoms with E-state index in [2.05, 4.69) is 61.3 Å². The van der Waals surface area contributed by atoms with Gasteiger partial charge in [0.1, 0.15) is 0 Å². The Hall–Kier alpha value is -1.92. The molecule has 1 aromatic carbocycles. The summed E-state index contributed by atoms with van der Waals surface area (Å²) >= 11 is 3.55. The minimum Gasteiger partial charge on any atom is -0.359 e. The molecule has 0 aliphatic carbocycles. The van der Waals surface area contributed by atoms with Crippen molar-refractivity contribution in [3.63, 3.8) is 0 Å². The second kappa shape index (κ2) is 7.14. The zero-order chi connectivity index (χ0) is 17.2. The highest BCUT2D eigenvalue weighted by molar-refractivity contribution is 9.10. The Labute approximate surface area is 155 Å². The average Bonchev–Trinajstić information content (AvgIpc) is 3.35. The van der Waals surface area contributed by atoms with Crippen molar-refractivity contribution >= 4 is 15.9 Å². The van der Waals surface area contributed by atoms with Crippen LogP contribution in [-0.4, -0.2) is 26.8 Å². The van der Waals surface area contributed by atoms with E-state index in [0.717, 1.165) is 53.1 Å². The van der Waals surface area contributed by atoms with Gasteiger partial charge >= 0.3 is 0 Å². The molecule has 1 atom stereocenters. The molecule has 0 bridgehead atoms. The third kappa shape index (κ3) is 3.41. The minimum absolute atomic E-state index is 0.304. The number of aromatic nitrogens is 3. The maximum absolute atomic E-state index is 5.60. The van der Waals surface area contributed by atoms with E-state index in [1.54, 1.807) is 0 Å².